The van der Waals surface area contributed by atoms with Gasteiger partial charge < -0.3 is 14.4 Å². The fraction of sp³-hybridized carbons (Fsp3) is 0.684. The summed E-state index contributed by atoms with van der Waals surface area (Å²) < 4.78 is 12.1. The van der Waals surface area contributed by atoms with Crippen LogP contribution in [-0.4, -0.2) is 47.2 Å². The van der Waals surface area contributed by atoms with Crippen molar-refractivity contribution in [3.8, 4) is 0 Å². The van der Waals surface area contributed by atoms with Gasteiger partial charge in [0.05, 0.1) is 31.5 Å². The fourth-order valence-corrected chi connectivity index (χ4v) is 3.75. The van der Waals surface area contributed by atoms with Crippen LogP contribution in [0, 0.1) is 12.8 Å². The Balaban J connectivity index is 1.26. The first-order valence-electron chi connectivity index (χ1n) is 9.08. The van der Waals surface area contributed by atoms with E-state index in [-0.39, 0.29) is 11.7 Å². The second-order valence-corrected chi connectivity index (χ2v) is 7.62. The molecule has 1 spiro atoms. The van der Waals surface area contributed by atoms with E-state index in [0.29, 0.717) is 18.4 Å². The largest absolute Gasteiger partial charge is 0.372 e. The van der Waals surface area contributed by atoms with Crippen molar-refractivity contribution in [1.82, 2.24) is 9.88 Å². The van der Waals surface area contributed by atoms with Gasteiger partial charge in [0, 0.05) is 25.1 Å². The molecule has 24 heavy (non-hydrogen) atoms. The van der Waals surface area contributed by atoms with E-state index in [9.17, 15) is 4.79 Å². The van der Waals surface area contributed by atoms with Gasteiger partial charge in [-0.15, -0.1) is 0 Å². The Kier molecular flexibility index (Phi) is 4.31. The highest BCUT2D eigenvalue weighted by Crippen LogP contribution is 2.38. The molecule has 1 atom stereocenters. The van der Waals surface area contributed by atoms with E-state index in [1.807, 2.05) is 30.0 Å². The predicted molar refractivity (Wildman–Crippen MR) is 89.4 cm³/mol. The van der Waals surface area contributed by atoms with E-state index in [1.165, 1.54) is 12.8 Å². The Morgan fingerprint density at radius 2 is 2.21 bits per heavy atom. The van der Waals surface area contributed by atoms with Gasteiger partial charge in [0.1, 0.15) is 5.60 Å². The lowest BCUT2D eigenvalue weighted by molar-refractivity contribution is -0.202. The Hall–Kier alpha value is -1.46. The van der Waals surface area contributed by atoms with Crippen molar-refractivity contribution in [2.75, 3.05) is 19.7 Å². The van der Waals surface area contributed by atoms with Gasteiger partial charge >= 0.3 is 0 Å². The molecule has 1 aromatic rings. The minimum Gasteiger partial charge on any atom is -0.372 e. The van der Waals surface area contributed by atoms with Gasteiger partial charge in [0.15, 0.2) is 0 Å². The molecule has 1 aliphatic carbocycles. The predicted octanol–water partition coefficient (Wildman–Crippen LogP) is 2.47. The Labute approximate surface area is 143 Å². The molecule has 2 aliphatic heterocycles. The van der Waals surface area contributed by atoms with Crippen molar-refractivity contribution in [1.29, 1.82) is 0 Å². The lowest BCUT2D eigenvalue weighted by Gasteiger charge is -2.53. The fourth-order valence-electron chi connectivity index (χ4n) is 3.75. The number of carbonyl (C=O) groups excluding carboxylic acids is 1. The lowest BCUT2D eigenvalue weighted by Crippen LogP contribution is -2.67. The number of pyridine rings is 1. The highest BCUT2D eigenvalue weighted by Gasteiger charge is 2.49. The number of rotatable bonds is 5. The van der Waals surface area contributed by atoms with Crippen LogP contribution in [0.1, 0.15) is 43.5 Å². The molecular formula is C19H26N2O3. The number of hydrogen-bond acceptors (Lipinski definition) is 4. The Morgan fingerprint density at radius 3 is 2.96 bits per heavy atom. The number of aromatic nitrogens is 1. The molecule has 130 valence electrons. The Bertz CT molecular complexity index is 608. The zero-order chi connectivity index (χ0) is 16.6. The number of aryl methyl sites for hydroxylation is 1. The van der Waals surface area contributed by atoms with Gasteiger partial charge in [0.25, 0.3) is 0 Å². The molecule has 0 aromatic carbocycles. The summed E-state index contributed by atoms with van der Waals surface area (Å²) in [4.78, 5) is 18.6. The monoisotopic (exact) mass is 330 g/mol. The topological polar surface area (TPSA) is 51.7 Å². The van der Waals surface area contributed by atoms with Crippen molar-refractivity contribution in [2.45, 2.75) is 57.3 Å². The molecule has 1 amide bonds. The minimum atomic E-state index is -0.165. The van der Waals surface area contributed by atoms with Crippen LogP contribution in [0.2, 0.25) is 0 Å². The quantitative estimate of drug-likeness (QED) is 0.832. The smallest absolute Gasteiger partial charge is 0.223 e. The molecular weight excluding hydrogens is 304 g/mol. The number of hydrogen-bond donors (Lipinski definition) is 0. The first-order chi connectivity index (χ1) is 11.6. The summed E-state index contributed by atoms with van der Waals surface area (Å²) in [5.41, 5.74) is 1.83. The van der Waals surface area contributed by atoms with Crippen LogP contribution in [0.4, 0.5) is 0 Å². The molecule has 1 saturated carbocycles. The molecule has 3 heterocycles. The molecule has 0 bridgehead atoms. The number of likely N-dealkylation sites (tertiary alicyclic amines) is 1. The van der Waals surface area contributed by atoms with Gasteiger partial charge in [-0.2, -0.15) is 0 Å². The number of amides is 1. The van der Waals surface area contributed by atoms with Gasteiger partial charge in [-0.25, -0.2) is 0 Å². The van der Waals surface area contributed by atoms with Gasteiger partial charge in [-0.1, -0.05) is 6.07 Å². The van der Waals surface area contributed by atoms with Gasteiger partial charge in [-0.05, 0) is 44.2 Å². The summed E-state index contributed by atoms with van der Waals surface area (Å²) in [6.07, 6.45) is 5.18. The highest BCUT2D eigenvalue weighted by molar-refractivity contribution is 5.78. The third-order valence-electron chi connectivity index (χ3n) is 5.33. The molecule has 5 heteroatoms. The first-order valence-corrected chi connectivity index (χ1v) is 9.08. The number of ether oxygens (including phenoxy) is 2. The molecule has 1 aromatic heterocycles. The summed E-state index contributed by atoms with van der Waals surface area (Å²) in [5, 5.41) is 0. The summed E-state index contributed by atoms with van der Waals surface area (Å²) >= 11 is 0. The zero-order valence-corrected chi connectivity index (χ0v) is 14.4. The lowest BCUT2D eigenvalue weighted by atomic mass is 9.84. The summed E-state index contributed by atoms with van der Waals surface area (Å²) in [5.74, 6) is 0.956. The second kappa shape index (κ2) is 6.45. The average Bonchev–Trinajstić information content (AvgIpc) is 3.35. The maximum absolute atomic E-state index is 12.2. The maximum atomic E-state index is 12.2. The van der Waals surface area contributed by atoms with Crippen LogP contribution in [0.15, 0.2) is 18.2 Å². The van der Waals surface area contributed by atoms with Crippen molar-refractivity contribution in [3.05, 3.63) is 29.6 Å². The summed E-state index contributed by atoms with van der Waals surface area (Å²) in [6.45, 7) is 4.74. The van der Waals surface area contributed by atoms with E-state index < -0.39 is 0 Å². The van der Waals surface area contributed by atoms with Gasteiger partial charge in [0.2, 0.25) is 5.91 Å². The summed E-state index contributed by atoms with van der Waals surface area (Å²) in [6, 6.07) is 6.01. The molecule has 2 saturated heterocycles. The normalized spacial score (nSPS) is 25.5. The van der Waals surface area contributed by atoms with Crippen LogP contribution >= 0.6 is 0 Å². The highest BCUT2D eigenvalue weighted by atomic mass is 16.5. The maximum Gasteiger partial charge on any atom is 0.223 e. The SMILES string of the molecule is Cc1cccc(COC2CCOC3(C2)CN(C(=O)CC2CC2)C3)n1. The van der Waals surface area contributed by atoms with E-state index >= 15 is 0 Å². The average molecular weight is 330 g/mol. The first kappa shape index (κ1) is 16.0. The van der Waals surface area contributed by atoms with Gasteiger partial charge in [-0.3, -0.25) is 9.78 Å². The minimum absolute atomic E-state index is 0.165. The van der Waals surface area contributed by atoms with E-state index in [0.717, 1.165) is 50.3 Å². The van der Waals surface area contributed by atoms with Crippen LogP contribution < -0.4 is 0 Å². The third kappa shape index (κ3) is 3.62. The molecule has 3 aliphatic rings. The van der Waals surface area contributed by atoms with E-state index in [4.69, 9.17) is 9.47 Å². The van der Waals surface area contributed by atoms with Crippen molar-refractivity contribution >= 4 is 5.91 Å². The summed E-state index contributed by atoms with van der Waals surface area (Å²) in [7, 11) is 0. The Morgan fingerprint density at radius 1 is 1.38 bits per heavy atom. The number of nitrogens with zero attached hydrogens (tertiary/aromatic N) is 2. The molecule has 0 radical (unpaired) electrons. The van der Waals surface area contributed by atoms with Crippen molar-refractivity contribution in [3.63, 3.8) is 0 Å². The third-order valence-corrected chi connectivity index (χ3v) is 5.33. The van der Waals surface area contributed by atoms with Crippen LogP contribution in [0.5, 0.6) is 0 Å². The molecule has 4 rings (SSSR count). The zero-order valence-electron chi connectivity index (χ0n) is 14.4. The standard InChI is InChI=1S/C19H26N2O3/c1-14-3-2-4-16(20-14)11-23-17-7-8-24-19(10-17)12-21(13-19)18(22)9-15-5-6-15/h2-4,15,17H,5-13H2,1H3. The molecule has 5 nitrogen and oxygen atoms in total. The number of carbonyl (C=O) groups is 1. The van der Waals surface area contributed by atoms with E-state index in [2.05, 4.69) is 4.98 Å². The second-order valence-electron chi connectivity index (χ2n) is 7.62. The molecule has 3 fully saturated rings. The van der Waals surface area contributed by atoms with Crippen molar-refractivity contribution < 1.29 is 14.3 Å². The van der Waals surface area contributed by atoms with Crippen LogP contribution in [0.25, 0.3) is 0 Å². The van der Waals surface area contributed by atoms with E-state index in [1.54, 1.807) is 0 Å². The van der Waals surface area contributed by atoms with Crippen LogP contribution in [-0.2, 0) is 20.9 Å². The van der Waals surface area contributed by atoms with Crippen molar-refractivity contribution in [2.24, 2.45) is 5.92 Å². The molecule has 1 unspecified atom stereocenters. The van der Waals surface area contributed by atoms with Crippen LogP contribution in [0.3, 0.4) is 0 Å². The molecule has 0 N–H and O–H groups in total.